The van der Waals surface area contributed by atoms with Crippen LogP contribution in [-0.2, 0) is 19.7 Å². The van der Waals surface area contributed by atoms with Gasteiger partial charge in [0, 0.05) is 23.8 Å². The van der Waals surface area contributed by atoms with Gasteiger partial charge in [0.05, 0.1) is 17.6 Å². The maximum Gasteiger partial charge on any atom is 0.242 e. The molecule has 0 aliphatic carbocycles. The second-order valence-corrected chi connectivity index (χ2v) is 7.67. The van der Waals surface area contributed by atoms with Gasteiger partial charge in [-0.1, -0.05) is 11.6 Å². The molecular weight excluding hydrogens is 328 g/mol. The topological polar surface area (TPSA) is 49.9 Å². The zero-order valence-corrected chi connectivity index (χ0v) is 15.3. The fourth-order valence-electron chi connectivity index (χ4n) is 3.58. The van der Waals surface area contributed by atoms with Crippen LogP contribution < -0.4 is 4.90 Å². The van der Waals surface area contributed by atoms with Crippen LogP contribution in [0.1, 0.15) is 33.3 Å². The molecule has 3 rings (SSSR count). The Balaban J connectivity index is 1.83. The predicted molar refractivity (Wildman–Crippen MR) is 93.4 cm³/mol. The fraction of sp³-hybridized carbons (Fsp3) is 0.556. The smallest absolute Gasteiger partial charge is 0.242 e. The molecule has 130 valence electrons. The molecule has 0 radical (unpaired) electrons. The molecule has 1 aromatic carbocycles. The van der Waals surface area contributed by atoms with E-state index < -0.39 is 5.41 Å². The van der Waals surface area contributed by atoms with E-state index in [0.717, 1.165) is 11.3 Å². The summed E-state index contributed by atoms with van der Waals surface area (Å²) in [5.41, 5.74) is 0.972. The summed E-state index contributed by atoms with van der Waals surface area (Å²) in [6, 6.07) is 5.39. The predicted octanol–water partition coefficient (Wildman–Crippen LogP) is 2.60. The van der Waals surface area contributed by atoms with E-state index in [1.807, 2.05) is 39.8 Å². The summed E-state index contributed by atoms with van der Waals surface area (Å²) in [4.78, 5) is 28.9. The lowest BCUT2D eigenvalue weighted by molar-refractivity contribution is -0.142. The second kappa shape index (κ2) is 6.05. The molecule has 2 heterocycles. The summed E-state index contributed by atoms with van der Waals surface area (Å²) in [7, 11) is 0. The molecule has 1 saturated heterocycles. The number of carbonyl (C=O) groups is 2. The molecule has 0 spiro atoms. The molecule has 0 N–H and O–H groups in total. The van der Waals surface area contributed by atoms with E-state index in [9.17, 15) is 9.59 Å². The van der Waals surface area contributed by atoms with E-state index in [0.29, 0.717) is 18.1 Å². The van der Waals surface area contributed by atoms with E-state index in [2.05, 4.69) is 0 Å². The normalized spacial score (nSPS) is 25.8. The summed E-state index contributed by atoms with van der Waals surface area (Å²) in [5, 5.41) is 0.596. The highest BCUT2D eigenvalue weighted by atomic mass is 35.5. The molecular formula is C18H23ClN2O3. The Morgan fingerprint density at radius 1 is 1.29 bits per heavy atom. The van der Waals surface area contributed by atoms with Gasteiger partial charge < -0.3 is 14.5 Å². The van der Waals surface area contributed by atoms with Gasteiger partial charge in [-0.15, -0.1) is 0 Å². The van der Waals surface area contributed by atoms with Crippen molar-refractivity contribution in [3.05, 3.63) is 28.8 Å². The van der Waals surface area contributed by atoms with Crippen molar-refractivity contribution in [3.8, 4) is 0 Å². The Morgan fingerprint density at radius 3 is 2.54 bits per heavy atom. The van der Waals surface area contributed by atoms with E-state index in [-0.39, 0.29) is 30.6 Å². The molecule has 0 saturated carbocycles. The average Bonchev–Trinajstić information content (AvgIpc) is 2.67. The fourth-order valence-corrected chi connectivity index (χ4v) is 3.75. The first-order valence-corrected chi connectivity index (χ1v) is 8.63. The van der Waals surface area contributed by atoms with E-state index in [1.165, 1.54) is 0 Å². The number of morpholine rings is 1. The number of anilines is 1. The van der Waals surface area contributed by atoms with E-state index in [4.69, 9.17) is 16.3 Å². The van der Waals surface area contributed by atoms with Crippen molar-refractivity contribution < 1.29 is 14.3 Å². The van der Waals surface area contributed by atoms with Crippen LogP contribution in [0.3, 0.4) is 0 Å². The van der Waals surface area contributed by atoms with E-state index >= 15 is 0 Å². The lowest BCUT2D eigenvalue weighted by atomic mass is 9.86. The third-order valence-electron chi connectivity index (χ3n) is 4.77. The van der Waals surface area contributed by atoms with Crippen molar-refractivity contribution in [2.24, 2.45) is 0 Å². The minimum absolute atomic E-state index is 0.00881. The largest absolute Gasteiger partial charge is 0.372 e. The Kier molecular flexibility index (Phi) is 4.34. The molecule has 5 nitrogen and oxygen atoms in total. The van der Waals surface area contributed by atoms with Crippen molar-refractivity contribution in [1.82, 2.24) is 4.90 Å². The van der Waals surface area contributed by atoms with Crippen LogP contribution >= 0.6 is 11.6 Å². The summed E-state index contributed by atoms with van der Waals surface area (Å²) < 4.78 is 5.67. The third-order valence-corrected chi connectivity index (χ3v) is 5.00. The maximum absolute atomic E-state index is 12.8. The molecule has 0 bridgehead atoms. The Labute approximate surface area is 147 Å². The van der Waals surface area contributed by atoms with Gasteiger partial charge in [0.2, 0.25) is 11.8 Å². The average molecular weight is 351 g/mol. The van der Waals surface area contributed by atoms with Crippen molar-refractivity contribution in [1.29, 1.82) is 0 Å². The lowest BCUT2D eigenvalue weighted by Gasteiger charge is -2.36. The first kappa shape index (κ1) is 17.2. The van der Waals surface area contributed by atoms with Crippen molar-refractivity contribution in [2.75, 3.05) is 24.5 Å². The summed E-state index contributed by atoms with van der Waals surface area (Å²) in [6.07, 6.45) is 0.0176. The van der Waals surface area contributed by atoms with Gasteiger partial charge in [-0.2, -0.15) is 0 Å². The van der Waals surface area contributed by atoms with Crippen molar-refractivity contribution >= 4 is 29.1 Å². The Bertz CT molecular complexity index is 679. The number of halogens is 1. The molecule has 1 aromatic rings. The molecule has 2 amide bonds. The number of rotatable bonds is 2. The van der Waals surface area contributed by atoms with Crippen LogP contribution in [0.5, 0.6) is 0 Å². The third kappa shape index (κ3) is 2.91. The molecule has 2 aliphatic rings. The first-order valence-electron chi connectivity index (χ1n) is 8.25. The number of fused-ring (bicyclic) bond motifs is 1. The number of amides is 2. The monoisotopic (exact) mass is 350 g/mol. The zero-order chi connectivity index (χ0) is 17.6. The molecule has 2 atom stereocenters. The van der Waals surface area contributed by atoms with Crippen LogP contribution in [0, 0.1) is 0 Å². The minimum atomic E-state index is -0.674. The van der Waals surface area contributed by atoms with Crippen LogP contribution in [0.2, 0.25) is 5.02 Å². The summed E-state index contributed by atoms with van der Waals surface area (Å²) in [5.74, 6) is -0.119. The van der Waals surface area contributed by atoms with Gasteiger partial charge >= 0.3 is 0 Å². The van der Waals surface area contributed by atoms with Gasteiger partial charge in [0.15, 0.2) is 0 Å². The highest BCUT2D eigenvalue weighted by Gasteiger charge is 2.45. The highest BCUT2D eigenvalue weighted by Crippen LogP contribution is 2.42. The summed E-state index contributed by atoms with van der Waals surface area (Å²) >= 11 is 6.09. The van der Waals surface area contributed by atoms with Crippen molar-refractivity contribution in [3.63, 3.8) is 0 Å². The van der Waals surface area contributed by atoms with Gasteiger partial charge in [0.1, 0.15) is 6.54 Å². The zero-order valence-electron chi connectivity index (χ0n) is 14.5. The molecule has 2 aliphatic heterocycles. The number of nitrogens with zero attached hydrogens (tertiary/aromatic N) is 2. The van der Waals surface area contributed by atoms with Crippen LogP contribution in [-0.4, -0.2) is 48.6 Å². The SMILES string of the molecule is C[C@H]1CN(C(=O)CN2C(=O)C(C)(C)c3cc(Cl)ccc32)C[C@H](C)O1. The number of carbonyl (C=O) groups excluding carboxylic acids is 2. The minimum Gasteiger partial charge on any atom is -0.372 e. The van der Waals surface area contributed by atoms with Gasteiger partial charge in [0.25, 0.3) is 0 Å². The molecule has 24 heavy (non-hydrogen) atoms. The quantitative estimate of drug-likeness (QED) is 0.823. The molecule has 0 aromatic heterocycles. The maximum atomic E-state index is 12.8. The standard InChI is InChI=1S/C18H23ClN2O3/c1-11-8-20(9-12(2)24-11)16(22)10-21-15-6-5-13(19)7-14(15)18(3,4)17(21)23/h5-7,11-12H,8-10H2,1-4H3/t11-,12-/m0/s1. The number of hydrogen-bond donors (Lipinski definition) is 0. The van der Waals surface area contributed by atoms with Gasteiger partial charge in [-0.25, -0.2) is 0 Å². The summed E-state index contributed by atoms with van der Waals surface area (Å²) in [6.45, 7) is 8.82. The Morgan fingerprint density at radius 2 is 1.92 bits per heavy atom. The van der Waals surface area contributed by atoms with Gasteiger partial charge in [-0.05, 0) is 51.5 Å². The van der Waals surface area contributed by atoms with Crippen LogP contribution in [0.15, 0.2) is 18.2 Å². The highest BCUT2D eigenvalue weighted by molar-refractivity contribution is 6.31. The lowest BCUT2D eigenvalue weighted by Crippen LogP contribution is -2.52. The van der Waals surface area contributed by atoms with Crippen LogP contribution in [0.25, 0.3) is 0 Å². The number of hydrogen-bond acceptors (Lipinski definition) is 3. The number of ether oxygens (including phenoxy) is 1. The van der Waals surface area contributed by atoms with Crippen LogP contribution in [0.4, 0.5) is 5.69 Å². The molecule has 0 unspecified atom stereocenters. The Hall–Kier alpha value is -1.59. The van der Waals surface area contributed by atoms with Gasteiger partial charge in [-0.3, -0.25) is 9.59 Å². The van der Waals surface area contributed by atoms with Crippen molar-refractivity contribution in [2.45, 2.75) is 45.3 Å². The van der Waals surface area contributed by atoms with E-state index in [1.54, 1.807) is 15.9 Å². The first-order chi connectivity index (χ1) is 11.2. The molecule has 6 heteroatoms. The number of benzene rings is 1. The molecule has 1 fully saturated rings. The second-order valence-electron chi connectivity index (χ2n) is 7.23.